The van der Waals surface area contributed by atoms with Crippen molar-refractivity contribution < 1.29 is 8.42 Å². The highest BCUT2D eigenvalue weighted by Gasteiger charge is 2.32. The van der Waals surface area contributed by atoms with E-state index in [-0.39, 0.29) is 4.90 Å². The third kappa shape index (κ3) is 3.98. The van der Waals surface area contributed by atoms with E-state index < -0.39 is 10.0 Å². The van der Waals surface area contributed by atoms with Crippen LogP contribution in [0.5, 0.6) is 0 Å². The van der Waals surface area contributed by atoms with Crippen LogP contribution in [-0.4, -0.2) is 14.5 Å². The molecule has 0 spiro atoms. The fourth-order valence-electron chi connectivity index (χ4n) is 3.29. The maximum atomic E-state index is 11.5. The van der Waals surface area contributed by atoms with Crippen molar-refractivity contribution in [3.63, 3.8) is 0 Å². The first-order valence-electron chi connectivity index (χ1n) is 7.48. The van der Waals surface area contributed by atoms with Crippen molar-refractivity contribution in [2.75, 3.05) is 5.32 Å². The van der Waals surface area contributed by atoms with Crippen LogP contribution in [0, 0.1) is 18.3 Å². The van der Waals surface area contributed by atoms with Crippen LogP contribution >= 0.6 is 0 Å². The van der Waals surface area contributed by atoms with Gasteiger partial charge in [0.1, 0.15) is 0 Å². The minimum absolute atomic E-state index is 0.166. The van der Waals surface area contributed by atoms with Gasteiger partial charge in [0.2, 0.25) is 10.0 Å². The third-order valence-electron chi connectivity index (χ3n) is 4.57. The summed E-state index contributed by atoms with van der Waals surface area (Å²) < 4.78 is 23.0. The Morgan fingerprint density at radius 2 is 2.00 bits per heavy atom. The molecule has 4 nitrogen and oxygen atoms in total. The van der Waals surface area contributed by atoms with Crippen LogP contribution in [-0.2, 0) is 10.0 Å². The van der Waals surface area contributed by atoms with Crippen LogP contribution in [0.1, 0.15) is 45.6 Å². The molecule has 21 heavy (non-hydrogen) atoms. The molecule has 3 N–H and O–H groups in total. The molecule has 1 aromatic rings. The van der Waals surface area contributed by atoms with Gasteiger partial charge in [-0.3, -0.25) is 0 Å². The van der Waals surface area contributed by atoms with Crippen molar-refractivity contribution in [2.45, 2.75) is 57.9 Å². The molecule has 1 aliphatic rings. The van der Waals surface area contributed by atoms with Gasteiger partial charge in [-0.2, -0.15) is 0 Å². The summed E-state index contributed by atoms with van der Waals surface area (Å²) in [7, 11) is -3.66. The Morgan fingerprint density at radius 1 is 1.33 bits per heavy atom. The number of nitrogens with one attached hydrogen (secondary N) is 1. The number of hydrogen-bond acceptors (Lipinski definition) is 3. The van der Waals surface area contributed by atoms with Gasteiger partial charge in [-0.15, -0.1) is 0 Å². The molecular weight excluding hydrogens is 284 g/mol. The summed E-state index contributed by atoms with van der Waals surface area (Å²) in [4.78, 5) is 0.166. The number of sulfonamides is 1. The number of hydrogen-bond donors (Lipinski definition) is 2. The van der Waals surface area contributed by atoms with Gasteiger partial charge in [0.05, 0.1) is 4.90 Å². The predicted molar refractivity (Wildman–Crippen MR) is 86.8 cm³/mol. The highest BCUT2D eigenvalue weighted by atomic mass is 32.2. The van der Waals surface area contributed by atoms with E-state index in [4.69, 9.17) is 5.14 Å². The molecule has 1 saturated carbocycles. The average molecular weight is 310 g/mol. The second-order valence-electron chi connectivity index (χ2n) is 7.16. The molecule has 2 unspecified atom stereocenters. The van der Waals surface area contributed by atoms with E-state index in [1.54, 1.807) is 18.2 Å². The fourth-order valence-corrected chi connectivity index (χ4v) is 3.83. The van der Waals surface area contributed by atoms with E-state index in [1.165, 1.54) is 12.8 Å². The van der Waals surface area contributed by atoms with Crippen molar-refractivity contribution in [2.24, 2.45) is 16.5 Å². The van der Waals surface area contributed by atoms with Gasteiger partial charge in [-0.1, -0.05) is 26.8 Å². The molecule has 0 saturated heterocycles. The molecular formula is C16H26N2O2S. The molecule has 0 amide bonds. The number of anilines is 1. The van der Waals surface area contributed by atoms with E-state index in [9.17, 15) is 8.42 Å². The predicted octanol–water partition coefficient (Wildman–Crippen LogP) is 3.27. The minimum Gasteiger partial charge on any atom is -0.382 e. The number of aryl methyl sites for hydroxylation is 1. The summed E-state index contributed by atoms with van der Waals surface area (Å²) >= 11 is 0. The maximum Gasteiger partial charge on any atom is 0.238 e. The smallest absolute Gasteiger partial charge is 0.238 e. The Bertz CT molecular complexity index is 623. The lowest BCUT2D eigenvalue weighted by molar-refractivity contribution is 0.177. The lowest BCUT2D eigenvalue weighted by Crippen LogP contribution is -2.37. The number of primary sulfonamides is 1. The van der Waals surface area contributed by atoms with Crippen molar-refractivity contribution >= 4 is 15.7 Å². The zero-order valence-corrected chi connectivity index (χ0v) is 14.1. The summed E-state index contributed by atoms with van der Waals surface area (Å²) in [6.45, 7) is 8.86. The Kier molecular flexibility index (Phi) is 4.36. The third-order valence-corrected chi connectivity index (χ3v) is 5.48. The van der Waals surface area contributed by atoms with E-state index in [0.717, 1.165) is 17.7 Å². The Balaban J connectivity index is 2.20. The quantitative estimate of drug-likeness (QED) is 0.900. The van der Waals surface area contributed by atoms with Crippen LogP contribution in [0.15, 0.2) is 23.1 Å². The van der Waals surface area contributed by atoms with Crippen molar-refractivity contribution in [3.05, 3.63) is 23.8 Å². The van der Waals surface area contributed by atoms with Gasteiger partial charge < -0.3 is 5.32 Å². The molecule has 1 aliphatic carbocycles. The number of benzene rings is 1. The van der Waals surface area contributed by atoms with Crippen molar-refractivity contribution in [1.82, 2.24) is 0 Å². The van der Waals surface area contributed by atoms with Crippen LogP contribution in [0.25, 0.3) is 0 Å². The van der Waals surface area contributed by atoms with E-state index >= 15 is 0 Å². The molecule has 0 bridgehead atoms. The minimum atomic E-state index is -3.66. The molecule has 118 valence electrons. The first-order valence-corrected chi connectivity index (χ1v) is 9.03. The van der Waals surface area contributed by atoms with Crippen LogP contribution in [0.4, 0.5) is 5.69 Å². The monoisotopic (exact) mass is 310 g/mol. The van der Waals surface area contributed by atoms with E-state index in [1.807, 2.05) is 6.92 Å². The maximum absolute atomic E-state index is 11.5. The SMILES string of the molecule is Cc1ccc(S(N)(=O)=O)cc1NC1CCC(C)(C)CC1C. The summed E-state index contributed by atoms with van der Waals surface area (Å²) in [6, 6.07) is 5.40. The summed E-state index contributed by atoms with van der Waals surface area (Å²) in [6.07, 6.45) is 3.47. The Morgan fingerprint density at radius 3 is 2.57 bits per heavy atom. The van der Waals surface area contributed by atoms with Crippen LogP contribution in [0.2, 0.25) is 0 Å². The van der Waals surface area contributed by atoms with E-state index in [2.05, 4.69) is 26.1 Å². The molecule has 5 heteroatoms. The molecule has 0 radical (unpaired) electrons. The molecule has 1 fully saturated rings. The number of nitrogens with two attached hydrogens (primary N) is 1. The Labute approximate surface area is 128 Å². The zero-order chi connectivity index (χ0) is 15.8. The van der Waals surface area contributed by atoms with Crippen LogP contribution < -0.4 is 10.5 Å². The van der Waals surface area contributed by atoms with Crippen LogP contribution in [0.3, 0.4) is 0 Å². The summed E-state index contributed by atoms with van der Waals surface area (Å²) in [5.41, 5.74) is 2.31. The molecule has 2 rings (SSSR count). The molecule has 0 aromatic heterocycles. The highest BCUT2D eigenvalue weighted by molar-refractivity contribution is 7.89. The molecule has 0 heterocycles. The summed E-state index contributed by atoms with van der Waals surface area (Å²) in [5.74, 6) is 0.561. The highest BCUT2D eigenvalue weighted by Crippen LogP contribution is 2.39. The van der Waals surface area contributed by atoms with Crippen molar-refractivity contribution in [1.29, 1.82) is 0 Å². The van der Waals surface area contributed by atoms with Gasteiger partial charge in [0.25, 0.3) is 0 Å². The fraction of sp³-hybridized carbons (Fsp3) is 0.625. The normalized spacial score (nSPS) is 25.6. The van der Waals surface area contributed by atoms with Gasteiger partial charge >= 0.3 is 0 Å². The van der Waals surface area contributed by atoms with Gasteiger partial charge in [0.15, 0.2) is 0 Å². The average Bonchev–Trinajstić information content (AvgIpc) is 2.33. The second-order valence-corrected chi connectivity index (χ2v) is 8.72. The van der Waals surface area contributed by atoms with E-state index in [0.29, 0.717) is 17.4 Å². The van der Waals surface area contributed by atoms with Gasteiger partial charge in [0, 0.05) is 11.7 Å². The first-order chi connectivity index (χ1) is 9.58. The second kappa shape index (κ2) is 5.61. The lowest BCUT2D eigenvalue weighted by atomic mass is 9.70. The lowest BCUT2D eigenvalue weighted by Gasteiger charge is -2.40. The largest absolute Gasteiger partial charge is 0.382 e. The topological polar surface area (TPSA) is 72.2 Å². The Hall–Kier alpha value is -1.07. The van der Waals surface area contributed by atoms with Gasteiger partial charge in [-0.05, 0) is 55.2 Å². The van der Waals surface area contributed by atoms with Crippen molar-refractivity contribution in [3.8, 4) is 0 Å². The summed E-state index contributed by atoms with van der Waals surface area (Å²) in [5, 5.41) is 8.75. The number of rotatable bonds is 3. The standard InChI is InChI=1S/C16H26N2O2S/c1-11-5-6-13(21(17,19)20)9-15(11)18-14-7-8-16(3,4)10-12(14)2/h5-6,9,12,14,18H,7-8,10H2,1-4H3,(H2,17,19,20). The molecule has 1 aromatic carbocycles. The molecule has 0 aliphatic heterocycles. The van der Waals surface area contributed by atoms with Gasteiger partial charge in [-0.25, -0.2) is 13.6 Å². The first kappa shape index (κ1) is 16.3. The molecule has 2 atom stereocenters. The zero-order valence-electron chi connectivity index (χ0n) is 13.3.